The van der Waals surface area contributed by atoms with Gasteiger partial charge in [-0.3, -0.25) is 0 Å². The maximum absolute atomic E-state index is 9.69. The van der Waals surface area contributed by atoms with Gasteiger partial charge in [-0.2, -0.15) is 0 Å². The highest BCUT2D eigenvalue weighted by atomic mass is 79.9. The van der Waals surface area contributed by atoms with E-state index >= 15 is 0 Å². The summed E-state index contributed by atoms with van der Waals surface area (Å²) in [6, 6.07) is 1.96. The van der Waals surface area contributed by atoms with Crippen molar-refractivity contribution in [3.63, 3.8) is 0 Å². The summed E-state index contributed by atoms with van der Waals surface area (Å²) in [6.45, 7) is 10.0. The predicted octanol–water partition coefficient (Wildman–Crippen LogP) is 2.74. The molecular weight excluding hydrogens is 306 g/mol. The van der Waals surface area contributed by atoms with E-state index in [4.69, 9.17) is 0 Å². The molecular formula is C14H22BrN3O. The predicted molar refractivity (Wildman–Crippen MR) is 80.4 cm³/mol. The first-order valence-electron chi connectivity index (χ1n) is 6.75. The van der Waals surface area contributed by atoms with Gasteiger partial charge in [-0.1, -0.05) is 20.8 Å². The van der Waals surface area contributed by atoms with Gasteiger partial charge in [0.15, 0.2) is 0 Å². The van der Waals surface area contributed by atoms with Crippen LogP contribution in [0.2, 0.25) is 0 Å². The van der Waals surface area contributed by atoms with Gasteiger partial charge in [-0.15, -0.1) is 0 Å². The van der Waals surface area contributed by atoms with Gasteiger partial charge in [0.2, 0.25) is 0 Å². The van der Waals surface area contributed by atoms with Crippen molar-refractivity contribution >= 4 is 21.7 Å². The number of anilines is 1. The SMILES string of the molecule is CC(O)C1CCN(c2cc(Br)nc(C(C)(C)C)n2)C1. The van der Waals surface area contributed by atoms with Gasteiger partial charge < -0.3 is 10.0 Å². The number of hydrogen-bond donors (Lipinski definition) is 1. The van der Waals surface area contributed by atoms with Crippen LogP contribution in [0.3, 0.4) is 0 Å². The molecule has 2 unspecified atom stereocenters. The Balaban J connectivity index is 2.24. The molecule has 2 heterocycles. The quantitative estimate of drug-likeness (QED) is 0.848. The van der Waals surface area contributed by atoms with E-state index in [0.29, 0.717) is 5.92 Å². The molecule has 106 valence electrons. The molecule has 1 aromatic heterocycles. The molecule has 0 aliphatic carbocycles. The molecule has 1 saturated heterocycles. The zero-order chi connectivity index (χ0) is 14.2. The van der Waals surface area contributed by atoms with E-state index in [-0.39, 0.29) is 11.5 Å². The average molecular weight is 328 g/mol. The van der Waals surface area contributed by atoms with Crippen LogP contribution < -0.4 is 4.90 Å². The fourth-order valence-electron chi connectivity index (χ4n) is 2.29. The van der Waals surface area contributed by atoms with Crippen molar-refractivity contribution in [3.05, 3.63) is 16.5 Å². The second-order valence-corrected chi connectivity index (χ2v) is 7.17. The van der Waals surface area contributed by atoms with Crippen molar-refractivity contribution < 1.29 is 5.11 Å². The summed E-state index contributed by atoms with van der Waals surface area (Å²) in [5.74, 6) is 2.14. The molecule has 1 fully saturated rings. The van der Waals surface area contributed by atoms with Crippen molar-refractivity contribution in [3.8, 4) is 0 Å². The number of aliphatic hydroxyl groups is 1. The zero-order valence-electron chi connectivity index (χ0n) is 12.0. The van der Waals surface area contributed by atoms with Crippen LogP contribution in [0.4, 0.5) is 5.82 Å². The molecule has 0 amide bonds. The molecule has 1 aliphatic rings. The summed E-state index contributed by atoms with van der Waals surface area (Å²) in [4.78, 5) is 11.4. The minimum atomic E-state index is -0.252. The number of aliphatic hydroxyl groups excluding tert-OH is 1. The summed E-state index contributed by atoms with van der Waals surface area (Å²) in [5.41, 5.74) is -0.0675. The normalized spacial score (nSPS) is 21.8. The Morgan fingerprint density at radius 1 is 1.42 bits per heavy atom. The topological polar surface area (TPSA) is 49.2 Å². The number of aromatic nitrogens is 2. The van der Waals surface area contributed by atoms with E-state index in [0.717, 1.165) is 35.8 Å². The van der Waals surface area contributed by atoms with Crippen LogP contribution in [0.5, 0.6) is 0 Å². The molecule has 1 aromatic rings. The number of hydrogen-bond acceptors (Lipinski definition) is 4. The minimum Gasteiger partial charge on any atom is -0.393 e. The summed E-state index contributed by atoms with van der Waals surface area (Å²) in [5, 5.41) is 9.69. The van der Waals surface area contributed by atoms with Gasteiger partial charge >= 0.3 is 0 Å². The average Bonchev–Trinajstić information content (AvgIpc) is 2.76. The summed E-state index contributed by atoms with van der Waals surface area (Å²) in [7, 11) is 0. The minimum absolute atomic E-state index is 0.0675. The molecule has 0 saturated carbocycles. The molecule has 0 radical (unpaired) electrons. The van der Waals surface area contributed by atoms with E-state index < -0.39 is 0 Å². The Bertz CT molecular complexity index is 456. The van der Waals surface area contributed by atoms with Gasteiger partial charge in [0, 0.05) is 30.5 Å². The number of halogens is 1. The Labute approximate surface area is 123 Å². The third-order valence-electron chi connectivity index (χ3n) is 3.58. The van der Waals surface area contributed by atoms with Gasteiger partial charge in [0.25, 0.3) is 0 Å². The molecule has 19 heavy (non-hydrogen) atoms. The summed E-state index contributed by atoms with van der Waals surface area (Å²) in [6.07, 6.45) is 0.766. The largest absolute Gasteiger partial charge is 0.393 e. The zero-order valence-corrected chi connectivity index (χ0v) is 13.6. The Morgan fingerprint density at radius 3 is 2.63 bits per heavy atom. The van der Waals surface area contributed by atoms with Crippen LogP contribution in [0.15, 0.2) is 10.7 Å². The van der Waals surface area contributed by atoms with E-state index in [1.54, 1.807) is 0 Å². The maximum Gasteiger partial charge on any atom is 0.137 e. The van der Waals surface area contributed by atoms with Crippen molar-refractivity contribution in [2.24, 2.45) is 5.92 Å². The number of rotatable bonds is 2. The van der Waals surface area contributed by atoms with Crippen molar-refractivity contribution in [1.82, 2.24) is 9.97 Å². The highest BCUT2D eigenvalue weighted by molar-refractivity contribution is 9.10. The molecule has 0 spiro atoms. The van der Waals surface area contributed by atoms with Crippen LogP contribution in [0.25, 0.3) is 0 Å². The molecule has 4 nitrogen and oxygen atoms in total. The van der Waals surface area contributed by atoms with E-state index in [9.17, 15) is 5.11 Å². The molecule has 5 heteroatoms. The molecule has 1 N–H and O–H groups in total. The maximum atomic E-state index is 9.69. The van der Waals surface area contributed by atoms with E-state index in [1.165, 1.54) is 0 Å². The van der Waals surface area contributed by atoms with Crippen molar-refractivity contribution in [2.75, 3.05) is 18.0 Å². The van der Waals surface area contributed by atoms with Crippen molar-refractivity contribution in [2.45, 2.75) is 45.6 Å². The third kappa shape index (κ3) is 3.45. The smallest absolute Gasteiger partial charge is 0.137 e. The Morgan fingerprint density at radius 2 is 2.11 bits per heavy atom. The van der Waals surface area contributed by atoms with E-state index in [2.05, 4.69) is 51.6 Å². The Kier molecular flexibility index (Phi) is 4.16. The lowest BCUT2D eigenvalue weighted by Gasteiger charge is -2.22. The Hall–Kier alpha value is -0.680. The molecule has 0 aromatic carbocycles. The first-order valence-corrected chi connectivity index (χ1v) is 7.55. The standard InChI is InChI=1S/C14H22BrN3O/c1-9(19)10-5-6-18(8-10)12-7-11(15)16-13(17-12)14(2,3)4/h7,9-10,19H,5-6,8H2,1-4H3. The molecule has 1 aliphatic heterocycles. The third-order valence-corrected chi connectivity index (χ3v) is 3.99. The highest BCUT2D eigenvalue weighted by Crippen LogP contribution is 2.28. The van der Waals surface area contributed by atoms with Crippen molar-refractivity contribution in [1.29, 1.82) is 0 Å². The number of nitrogens with zero attached hydrogens (tertiary/aromatic N) is 3. The van der Waals surface area contributed by atoms with E-state index in [1.807, 2.05) is 13.0 Å². The lowest BCUT2D eigenvalue weighted by Crippen LogP contribution is -2.26. The highest BCUT2D eigenvalue weighted by Gasteiger charge is 2.28. The van der Waals surface area contributed by atoms with Gasteiger partial charge in [0.05, 0.1) is 6.10 Å². The second kappa shape index (κ2) is 5.37. The molecule has 0 bridgehead atoms. The fraction of sp³-hybridized carbons (Fsp3) is 0.714. The first-order chi connectivity index (χ1) is 8.77. The van der Waals surface area contributed by atoms with Crippen LogP contribution in [-0.4, -0.2) is 34.3 Å². The second-order valence-electron chi connectivity index (χ2n) is 6.36. The van der Waals surface area contributed by atoms with Crippen LogP contribution in [-0.2, 0) is 5.41 Å². The summed E-state index contributed by atoms with van der Waals surface area (Å²) >= 11 is 3.47. The molecule has 2 rings (SSSR count). The lowest BCUT2D eigenvalue weighted by molar-refractivity contribution is 0.136. The summed E-state index contributed by atoms with van der Waals surface area (Å²) < 4.78 is 0.822. The molecule has 2 atom stereocenters. The van der Waals surface area contributed by atoms with Crippen LogP contribution >= 0.6 is 15.9 Å². The lowest BCUT2D eigenvalue weighted by atomic mass is 9.96. The van der Waals surface area contributed by atoms with Gasteiger partial charge in [0.1, 0.15) is 16.2 Å². The monoisotopic (exact) mass is 327 g/mol. The van der Waals surface area contributed by atoms with Crippen LogP contribution in [0, 0.1) is 5.92 Å². The first kappa shape index (κ1) is 14.7. The van der Waals surface area contributed by atoms with Gasteiger partial charge in [-0.25, -0.2) is 9.97 Å². The van der Waals surface area contributed by atoms with Crippen LogP contribution in [0.1, 0.15) is 39.9 Å². The van der Waals surface area contributed by atoms with Gasteiger partial charge in [-0.05, 0) is 29.3 Å². The fourth-order valence-corrected chi connectivity index (χ4v) is 2.67.